The fourth-order valence-electron chi connectivity index (χ4n) is 1.66. The van der Waals surface area contributed by atoms with E-state index in [2.05, 4.69) is 0 Å². The molecule has 0 aromatic heterocycles. The van der Waals surface area contributed by atoms with Gasteiger partial charge in [0, 0.05) is 5.56 Å². The summed E-state index contributed by atoms with van der Waals surface area (Å²) >= 11 is 0. The lowest BCUT2D eigenvalue weighted by atomic mass is 10.0. The fourth-order valence-corrected chi connectivity index (χ4v) is 1.66. The maximum atomic E-state index is 12.2. The molecule has 1 N–H and O–H groups in total. The Morgan fingerprint density at radius 2 is 1.76 bits per heavy atom. The summed E-state index contributed by atoms with van der Waals surface area (Å²) in [5.74, 6) is 0.00832. The lowest BCUT2D eigenvalue weighted by Crippen LogP contribution is -2.03. The van der Waals surface area contributed by atoms with Crippen molar-refractivity contribution in [3.05, 3.63) is 59.7 Å². The molecule has 17 heavy (non-hydrogen) atoms. The van der Waals surface area contributed by atoms with E-state index in [1.807, 2.05) is 6.07 Å². The first-order chi connectivity index (χ1) is 8.24. The van der Waals surface area contributed by atoms with Gasteiger partial charge in [0.15, 0.2) is 17.3 Å². The highest BCUT2D eigenvalue weighted by Crippen LogP contribution is 2.31. The molecule has 0 bridgehead atoms. The number of hydrogen-bond acceptors (Lipinski definition) is 3. The molecule has 0 aliphatic carbocycles. The lowest BCUT2D eigenvalue weighted by Gasteiger charge is -2.08. The van der Waals surface area contributed by atoms with Gasteiger partial charge in [-0.1, -0.05) is 36.4 Å². The van der Waals surface area contributed by atoms with Gasteiger partial charge in [0.05, 0.1) is 12.7 Å². The first-order valence-corrected chi connectivity index (χ1v) is 5.19. The number of phenolic OH excluding ortho intramolecular Hbond substituents is 1. The van der Waals surface area contributed by atoms with Gasteiger partial charge in [-0.2, -0.15) is 0 Å². The summed E-state index contributed by atoms with van der Waals surface area (Å²) in [6.07, 6.45) is 0. The van der Waals surface area contributed by atoms with E-state index >= 15 is 0 Å². The highest BCUT2D eigenvalue weighted by molar-refractivity contribution is 6.11. The number of hydrogen-bond donors (Lipinski definition) is 1. The second kappa shape index (κ2) is 4.70. The topological polar surface area (TPSA) is 46.5 Å². The summed E-state index contributed by atoms with van der Waals surface area (Å²) in [4.78, 5) is 12.2. The van der Waals surface area contributed by atoms with E-state index in [0.29, 0.717) is 11.1 Å². The summed E-state index contributed by atoms with van der Waals surface area (Å²) in [7, 11) is 1.43. The zero-order chi connectivity index (χ0) is 12.3. The van der Waals surface area contributed by atoms with Crippen molar-refractivity contribution in [1.82, 2.24) is 0 Å². The van der Waals surface area contributed by atoms with Crippen LogP contribution >= 0.6 is 0 Å². The average molecular weight is 228 g/mol. The van der Waals surface area contributed by atoms with Crippen molar-refractivity contribution < 1.29 is 14.6 Å². The van der Waals surface area contributed by atoms with Crippen molar-refractivity contribution in [1.29, 1.82) is 0 Å². The molecule has 0 saturated heterocycles. The maximum absolute atomic E-state index is 12.2. The second-order valence-corrected chi connectivity index (χ2v) is 3.55. The SMILES string of the molecule is COc1c(O)cccc1C(=O)c1ccccc1. The molecule has 0 heterocycles. The number of benzene rings is 2. The Bertz CT molecular complexity index is 532. The second-order valence-electron chi connectivity index (χ2n) is 3.55. The Hall–Kier alpha value is -2.29. The van der Waals surface area contributed by atoms with E-state index in [4.69, 9.17) is 4.74 Å². The molecule has 0 aliphatic rings. The van der Waals surface area contributed by atoms with E-state index in [1.54, 1.807) is 36.4 Å². The van der Waals surface area contributed by atoms with Crippen molar-refractivity contribution in [2.24, 2.45) is 0 Å². The van der Waals surface area contributed by atoms with Gasteiger partial charge in [0.25, 0.3) is 0 Å². The molecule has 0 saturated carbocycles. The van der Waals surface area contributed by atoms with Crippen LogP contribution in [0.4, 0.5) is 0 Å². The molecule has 0 atom stereocenters. The van der Waals surface area contributed by atoms with Crippen molar-refractivity contribution in [2.75, 3.05) is 7.11 Å². The van der Waals surface area contributed by atoms with Crippen LogP contribution < -0.4 is 4.74 Å². The number of methoxy groups -OCH3 is 1. The number of ketones is 1. The molecule has 0 radical (unpaired) electrons. The Kier molecular flexibility index (Phi) is 3.10. The summed E-state index contributed by atoms with van der Waals surface area (Å²) in [5.41, 5.74) is 0.926. The molecular weight excluding hydrogens is 216 g/mol. The minimum absolute atomic E-state index is 0.0331. The Morgan fingerprint density at radius 1 is 1.06 bits per heavy atom. The van der Waals surface area contributed by atoms with Gasteiger partial charge in [-0.3, -0.25) is 4.79 Å². The normalized spacial score (nSPS) is 9.94. The van der Waals surface area contributed by atoms with Gasteiger partial charge in [0.2, 0.25) is 0 Å². The molecule has 3 nitrogen and oxygen atoms in total. The summed E-state index contributed by atoms with van der Waals surface area (Å²) in [5, 5.41) is 9.61. The van der Waals surface area contributed by atoms with Crippen molar-refractivity contribution in [2.45, 2.75) is 0 Å². The molecule has 2 rings (SSSR count). The third kappa shape index (κ3) is 2.13. The van der Waals surface area contributed by atoms with Crippen LogP contribution in [0.25, 0.3) is 0 Å². The van der Waals surface area contributed by atoms with Crippen LogP contribution in [0, 0.1) is 0 Å². The number of carbonyl (C=O) groups is 1. The number of ether oxygens (including phenoxy) is 1. The van der Waals surface area contributed by atoms with Crippen LogP contribution in [0.1, 0.15) is 15.9 Å². The van der Waals surface area contributed by atoms with E-state index < -0.39 is 0 Å². The molecule has 0 aliphatic heterocycles. The van der Waals surface area contributed by atoms with Crippen molar-refractivity contribution in [3.63, 3.8) is 0 Å². The van der Waals surface area contributed by atoms with E-state index in [1.165, 1.54) is 13.2 Å². The molecule has 0 amide bonds. The van der Waals surface area contributed by atoms with Crippen LogP contribution in [0.2, 0.25) is 0 Å². The summed E-state index contributed by atoms with van der Waals surface area (Å²) in [6, 6.07) is 13.6. The van der Waals surface area contributed by atoms with Crippen LogP contribution in [-0.4, -0.2) is 18.0 Å². The smallest absolute Gasteiger partial charge is 0.196 e. The van der Waals surface area contributed by atoms with E-state index in [-0.39, 0.29) is 17.3 Å². The first-order valence-electron chi connectivity index (χ1n) is 5.19. The largest absolute Gasteiger partial charge is 0.504 e. The van der Waals surface area contributed by atoms with Gasteiger partial charge in [-0.15, -0.1) is 0 Å². The van der Waals surface area contributed by atoms with Gasteiger partial charge < -0.3 is 9.84 Å². The van der Waals surface area contributed by atoms with Gasteiger partial charge in [-0.25, -0.2) is 0 Å². The van der Waals surface area contributed by atoms with Crippen LogP contribution in [0.15, 0.2) is 48.5 Å². The molecule has 2 aromatic rings. The molecule has 0 unspecified atom stereocenters. The zero-order valence-corrected chi connectivity index (χ0v) is 9.38. The third-order valence-electron chi connectivity index (χ3n) is 2.48. The Balaban J connectivity index is 2.48. The number of rotatable bonds is 3. The summed E-state index contributed by atoms with van der Waals surface area (Å²) < 4.78 is 5.05. The highest BCUT2D eigenvalue weighted by Gasteiger charge is 2.16. The number of phenols is 1. The van der Waals surface area contributed by atoms with E-state index in [0.717, 1.165) is 0 Å². The lowest BCUT2D eigenvalue weighted by molar-refractivity contribution is 0.103. The van der Waals surface area contributed by atoms with Crippen LogP contribution in [0.3, 0.4) is 0 Å². The Labute approximate surface area is 99.3 Å². The fraction of sp³-hybridized carbons (Fsp3) is 0.0714. The van der Waals surface area contributed by atoms with Crippen LogP contribution in [0.5, 0.6) is 11.5 Å². The molecule has 2 aromatic carbocycles. The molecule has 0 spiro atoms. The zero-order valence-electron chi connectivity index (χ0n) is 9.38. The van der Waals surface area contributed by atoms with Crippen molar-refractivity contribution >= 4 is 5.78 Å². The van der Waals surface area contributed by atoms with Gasteiger partial charge in [-0.05, 0) is 12.1 Å². The number of aromatic hydroxyl groups is 1. The summed E-state index contributed by atoms with van der Waals surface area (Å²) in [6.45, 7) is 0. The average Bonchev–Trinajstić information content (AvgIpc) is 2.38. The molecule has 0 fully saturated rings. The highest BCUT2D eigenvalue weighted by atomic mass is 16.5. The van der Waals surface area contributed by atoms with E-state index in [9.17, 15) is 9.90 Å². The third-order valence-corrected chi connectivity index (χ3v) is 2.48. The Morgan fingerprint density at radius 3 is 2.41 bits per heavy atom. The number of para-hydroxylation sites is 1. The van der Waals surface area contributed by atoms with Gasteiger partial charge in [0.1, 0.15) is 0 Å². The standard InChI is InChI=1S/C14H12O3/c1-17-14-11(8-5-9-12(14)15)13(16)10-6-3-2-4-7-10/h2-9,15H,1H3. The molecule has 86 valence electrons. The molecular formula is C14H12O3. The first kappa shape index (κ1) is 11.2. The minimum Gasteiger partial charge on any atom is -0.504 e. The monoisotopic (exact) mass is 228 g/mol. The minimum atomic E-state index is -0.168. The predicted octanol–water partition coefficient (Wildman–Crippen LogP) is 2.63. The quantitative estimate of drug-likeness (QED) is 0.821. The van der Waals surface area contributed by atoms with Crippen LogP contribution in [-0.2, 0) is 0 Å². The maximum Gasteiger partial charge on any atom is 0.196 e. The predicted molar refractivity (Wildman–Crippen MR) is 64.5 cm³/mol. The van der Waals surface area contributed by atoms with Gasteiger partial charge >= 0.3 is 0 Å². The van der Waals surface area contributed by atoms with Crippen molar-refractivity contribution in [3.8, 4) is 11.5 Å². The molecule has 3 heteroatoms. The number of carbonyl (C=O) groups excluding carboxylic acids is 1.